The summed E-state index contributed by atoms with van der Waals surface area (Å²) in [6, 6.07) is 11.8. The molecule has 29 heavy (non-hydrogen) atoms. The van der Waals surface area contributed by atoms with Crippen LogP contribution >= 0.6 is 11.6 Å². The van der Waals surface area contributed by atoms with Crippen LogP contribution in [0.2, 0.25) is 5.02 Å². The molecule has 1 heterocycles. The first-order valence-corrected chi connectivity index (χ1v) is 11.2. The highest BCUT2D eigenvalue weighted by Gasteiger charge is 2.31. The summed E-state index contributed by atoms with van der Waals surface area (Å²) in [5, 5.41) is 0.507. The van der Waals surface area contributed by atoms with E-state index in [0.29, 0.717) is 17.1 Å². The monoisotopic (exact) mass is 435 g/mol. The van der Waals surface area contributed by atoms with Gasteiger partial charge >= 0.3 is 5.97 Å². The van der Waals surface area contributed by atoms with Crippen molar-refractivity contribution in [2.45, 2.75) is 37.1 Å². The molecule has 0 radical (unpaired) electrons. The molecule has 2 aromatic rings. The van der Waals surface area contributed by atoms with Gasteiger partial charge in [-0.3, -0.25) is 4.79 Å². The second-order valence-corrected chi connectivity index (χ2v) is 9.32. The van der Waals surface area contributed by atoms with Gasteiger partial charge in [-0.25, -0.2) is 13.2 Å². The summed E-state index contributed by atoms with van der Waals surface area (Å²) in [4.78, 5) is 24.4. The Balaban J connectivity index is 1.64. The number of sulfonamides is 1. The lowest BCUT2D eigenvalue weighted by Gasteiger charge is -2.32. The van der Waals surface area contributed by atoms with Crippen LogP contribution in [0.25, 0.3) is 0 Å². The molecular weight excluding hydrogens is 414 g/mol. The molecule has 1 atom stereocenters. The van der Waals surface area contributed by atoms with Gasteiger partial charge in [0.25, 0.3) is 0 Å². The molecule has 1 fully saturated rings. The van der Waals surface area contributed by atoms with Gasteiger partial charge < -0.3 is 4.74 Å². The molecule has 0 spiro atoms. The predicted octanol–water partition coefficient (Wildman–Crippen LogP) is 3.94. The van der Waals surface area contributed by atoms with Crippen LogP contribution in [-0.2, 0) is 14.8 Å². The smallest absolute Gasteiger partial charge is 0.338 e. The second kappa shape index (κ2) is 9.07. The van der Waals surface area contributed by atoms with Gasteiger partial charge in [-0.1, -0.05) is 18.0 Å². The van der Waals surface area contributed by atoms with Gasteiger partial charge in [0.1, 0.15) is 0 Å². The number of carbonyl (C=O) groups excluding carboxylic acids is 2. The van der Waals surface area contributed by atoms with Gasteiger partial charge in [0.2, 0.25) is 10.0 Å². The number of carbonyl (C=O) groups is 2. The molecular formula is C21H22ClNO5S. The number of esters is 1. The molecule has 6 nitrogen and oxygen atoms in total. The largest absolute Gasteiger partial charge is 0.454 e. The molecule has 0 aliphatic carbocycles. The van der Waals surface area contributed by atoms with Gasteiger partial charge in [0.15, 0.2) is 12.4 Å². The normalized spacial score (nSPS) is 17.7. The summed E-state index contributed by atoms with van der Waals surface area (Å²) in [5.74, 6) is -1.05. The molecule has 0 bridgehead atoms. The van der Waals surface area contributed by atoms with Crippen LogP contribution in [-0.4, -0.2) is 43.7 Å². The minimum Gasteiger partial charge on any atom is -0.454 e. The highest BCUT2D eigenvalue weighted by atomic mass is 35.5. The molecule has 1 aliphatic rings. The lowest BCUT2D eigenvalue weighted by molar-refractivity contribution is 0.0474. The van der Waals surface area contributed by atoms with Crippen LogP contribution in [0.3, 0.4) is 0 Å². The molecule has 1 aliphatic heterocycles. The third-order valence-electron chi connectivity index (χ3n) is 4.94. The van der Waals surface area contributed by atoms with E-state index < -0.39 is 22.6 Å². The number of Topliss-reactive ketones (excluding diaryl/α,β-unsaturated/α-hetero) is 1. The number of hydrogen-bond acceptors (Lipinski definition) is 5. The van der Waals surface area contributed by atoms with E-state index in [-0.39, 0.29) is 22.3 Å². The summed E-state index contributed by atoms with van der Waals surface area (Å²) < 4.78 is 32.2. The lowest BCUT2D eigenvalue weighted by atomic mass is 10.1. The third-order valence-corrected chi connectivity index (χ3v) is 7.22. The van der Waals surface area contributed by atoms with E-state index in [1.807, 2.05) is 6.92 Å². The number of halogens is 1. The Kier molecular flexibility index (Phi) is 6.72. The number of hydrogen-bond donors (Lipinski definition) is 0. The van der Waals surface area contributed by atoms with E-state index in [0.717, 1.165) is 19.3 Å². The minimum atomic E-state index is -3.60. The number of piperidine rings is 1. The van der Waals surface area contributed by atoms with Crippen molar-refractivity contribution in [2.75, 3.05) is 13.2 Å². The number of benzene rings is 2. The fourth-order valence-corrected chi connectivity index (χ4v) is 5.09. The van der Waals surface area contributed by atoms with Crippen molar-refractivity contribution >= 4 is 33.4 Å². The molecule has 3 rings (SSSR count). The summed E-state index contributed by atoms with van der Waals surface area (Å²) >= 11 is 5.78. The van der Waals surface area contributed by atoms with Gasteiger partial charge in [-0.05, 0) is 68.3 Å². The zero-order valence-corrected chi connectivity index (χ0v) is 17.6. The minimum absolute atomic E-state index is 0.0442. The topological polar surface area (TPSA) is 80.8 Å². The van der Waals surface area contributed by atoms with Crippen LogP contribution in [0.5, 0.6) is 0 Å². The van der Waals surface area contributed by atoms with E-state index in [9.17, 15) is 18.0 Å². The highest BCUT2D eigenvalue weighted by molar-refractivity contribution is 7.89. The van der Waals surface area contributed by atoms with Crippen LogP contribution in [0.1, 0.15) is 46.9 Å². The average molecular weight is 436 g/mol. The van der Waals surface area contributed by atoms with E-state index in [4.69, 9.17) is 16.3 Å². The lowest BCUT2D eigenvalue weighted by Crippen LogP contribution is -2.41. The molecule has 8 heteroatoms. The van der Waals surface area contributed by atoms with Gasteiger partial charge in [0.05, 0.1) is 10.5 Å². The standard InChI is InChI=1S/C21H22ClNO5S/c1-15-4-2-3-13-23(15)29(26,27)19-11-7-17(8-12-19)21(25)28-14-20(24)16-5-9-18(22)10-6-16/h5-12,15H,2-4,13-14H2,1H3. The molecule has 0 aromatic heterocycles. The second-order valence-electron chi connectivity index (χ2n) is 6.99. The van der Waals surface area contributed by atoms with Crippen molar-refractivity contribution in [3.8, 4) is 0 Å². The zero-order valence-electron chi connectivity index (χ0n) is 16.0. The summed E-state index contributed by atoms with van der Waals surface area (Å²) in [6.45, 7) is 1.99. The van der Waals surface area contributed by atoms with Crippen molar-refractivity contribution in [2.24, 2.45) is 0 Å². The number of ether oxygens (including phenoxy) is 1. The van der Waals surface area contributed by atoms with Gasteiger partial charge in [0, 0.05) is 23.2 Å². The number of ketones is 1. The van der Waals surface area contributed by atoms with E-state index in [1.165, 1.54) is 28.6 Å². The fraction of sp³-hybridized carbons (Fsp3) is 0.333. The van der Waals surface area contributed by atoms with Crippen molar-refractivity contribution in [1.82, 2.24) is 4.31 Å². The Labute approximate surface area is 175 Å². The average Bonchev–Trinajstić information content (AvgIpc) is 2.72. The molecule has 0 saturated carbocycles. The Morgan fingerprint density at radius 1 is 1.03 bits per heavy atom. The Hall–Kier alpha value is -2.22. The molecule has 0 N–H and O–H groups in total. The van der Waals surface area contributed by atoms with Crippen LogP contribution in [0.15, 0.2) is 53.4 Å². The summed E-state index contributed by atoms with van der Waals surface area (Å²) in [7, 11) is -3.60. The molecule has 1 saturated heterocycles. The highest BCUT2D eigenvalue weighted by Crippen LogP contribution is 2.25. The first kappa shape index (κ1) is 21.5. The maximum atomic E-state index is 12.8. The van der Waals surface area contributed by atoms with E-state index in [2.05, 4.69) is 0 Å². The first-order valence-electron chi connectivity index (χ1n) is 9.37. The third kappa shape index (κ3) is 5.04. The molecule has 154 valence electrons. The Morgan fingerprint density at radius 3 is 2.28 bits per heavy atom. The van der Waals surface area contributed by atoms with Crippen molar-refractivity contribution in [3.05, 3.63) is 64.7 Å². The van der Waals surface area contributed by atoms with Gasteiger partial charge in [-0.2, -0.15) is 4.31 Å². The maximum absolute atomic E-state index is 12.8. The fourth-order valence-electron chi connectivity index (χ4n) is 3.26. The zero-order chi connectivity index (χ0) is 21.0. The summed E-state index contributed by atoms with van der Waals surface area (Å²) in [6.07, 6.45) is 2.70. The quantitative estimate of drug-likeness (QED) is 0.507. The van der Waals surface area contributed by atoms with E-state index >= 15 is 0 Å². The predicted molar refractivity (Wildman–Crippen MR) is 110 cm³/mol. The number of nitrogens with zero attached hydrogens (tertiary/aromatic N) is 1. The molecule has 2 aromatic carbocycles. The SMILES string of the molecule is CC1CCCCN1S(=O)(=O)c1ccc(C(=O)OCC(=O)c2ccc(Cl)cc2)cc1. The van der Waals surface area contributed by atoms with Crippen LogP contribution in [0, 0.1) is 0 Å². The van der Waals surface area contributed by atoms with Crippen molar-refractivity contribution < 1.29 is 22.7 Å². The van der Waals surface area contributed by atoms with Gasteiger partial charge in [-0.15, -0.1) is 0 Å². The van der Waals surface area contributed by atoms with Crippen molar-refractivity contribution in [1.29, 1.82) is 0 Å². The van der Waals surface area contributed by atoms with Crippen LogP contribution in [0.4, 0.5) is 0 Å². The Bertz CT molecular complexity index is 987. The first-order chi connectivity index (χ1) is 13.8. The summed E-state index contributed by atoms with van der Waals surface area (Å²) in [5.41, 5.74) is 0.568. The molecule has 0 amide bonds. The number of rotatable bonds is 6. The molecule has 1 unspecified atom stereocenters. The van der Waals surface area contributed by atoms with Crippen molar-refractivity contribution in [3.63, 3.8) is 0 Å². The van der Waals surface area contributed by atoms with E-state index in [1.54, 1.807) is 24.3 Å². The van der Waals surface area contributed by atoms with Crippen LogP contribution < -0.4 is 0 Å². The Morgan fingerprint density at radius 2 is 1.66 bits per heavy atom. The maximum Gasteiger partial charge on any atom is 0.338 e.